The molecule has 0 aromatic heterocycles. The monoisotopic (exact) mass is 363 g/mol. The van der Waals surface area contributed by atoms with E-state index >= 15 is 0 Å². The van der Waals surface area contributed by atoms with Gasteiger partial charge in [0, 0.05) is 12.0 Å². The van der Waals surface area contributed by atoms with Gasteiger partial charge in [-0.2, -0.15) is 0 Å². The minimum Gasteiger partial charge on any atom is -0.550 e. The Bertz CT molecular complexity index is 275. The zero-order chi connectivity index (χ0) is 17.9. The van der Waals surface area contributed by atoms with E-state index in [2.05, 4.69) is 6.92 Å². The number of unbranched alkanes of at least 4 members (excludes halogenated alkanes) is 14. The third-order valence-corrected chi connectivity index (χ3v) is 4.90. The Morgan fingerprint density at radius 1 is 0.720 bits per heavy atom. The molecule has 0 saturated heterocycles. The molecule has 0 aromatic rings. The maximum absolute atomic E-state index is 10.4. The smallest absolute Gasteiger partial charge is 0.550 e. The van der Waals surface area contributed by atoms with Crippen molar-refractivity contribution in [1.82, 2.24) is 0 Å². The van der Waals surface area contributed by atoms with Crippen LogP contribution >= 0.6 is 0 Å². The number of carboxylic acids is 1. The number of nitrogens with two attached hydrogens (primary N) is 1. The van der Waals surface area contributed by atoms with E-state index in [1.165, 1.54) is 89.9 Å². The van der Waals surface area contributed by atoms with Crippen LogP contribution in [0.1, 0.15) is 122 Å². The first-order valence-corrected chi connectivity index (χ1v) is 10.6. The number of carbonyl (C=O) groups excluding carboxylic acids is 1. The number of carboxylic acid groups (broad SMARTS) is 1. The first-order valence-electron chi connectivity index (χ1n) is 10.6. The molecule has 25 heavy (non-hydrogen) atoms. The quantitative estimate of drug-likeness (QED) is 0.282. The van der Waals surface area contributed by atoms with Crippen LogP contribution in [-0.4, -0.2) is 12.0 Å². The summed E-state index contributed by atoms with van der Waals surface area (Å²) in [6.45, 7) is 2.27. The van der Waals surface area contributed by atoms with Gasteiger partial charge < -0.3 is 15.6 Å². The van der Waals surface area contributed by atoms with Crippen LogP contribution in [0.5, 0.6) is 0 Å². The van der Waals surface area contributed by atoms with E-state index in [9.17, 15) is 9.90 Å². The zero-order valence-corrected chi connectivity index (χ0v) is 19.2. The van der Waals surface area contributed by atoms with Crippen LogP contribution in [0.25, 0.3) is 0 Å². The van der Waals surface area contributed by atoms with Crippen LogP contribution in [0.4, 0.5) is 0 Å². The Balaban J connectivity index is 0. The average Bonchev–Trinajstić information content (AvgIpc) is 2.56. The third-order valence-electron chi connectivity index (χ3n) is 4.90. The molecule has 0 heterocycles. The van der Waals surface area contributed by atoms with Gasteiger partial charge in [-0.05, 0) is 19.3 Å². The van der Waals surface area contributed by atoms with E-state index in [0.717, 1.165) is 12.8 Å². The van der Waals surface area contributed by atoms with Crippen molar-refractivity contribution in [2.24, 2.45) is 5.73 Å². The maximum atomic E-state index is 10.4. The van der Waals surface area contributed by atoms with Gasteiger partial charge in [-0.3, -0.25) is 0 Å². The summed E-state index contributed by atoms with van der Waals surface area (Å²) >= 11 is 0. The standard InChI is InChI=1S/C21H43NO2.Na/c1-2-3-4-5-6-7-8-9-10-11-12-13-14-15-16-17-20(22)18-19-21(23)24;/h20H,2-19,22H2,1H3,(H,23,24);/q;+1/p-1. The van der Waals surface area contributed by atoms with Gasteiger partial charge in [-0.1, -0.05) is 103 Å². The molecule has 2 N–H and O–H groups in total. The fourth-order valence-corrected chi connectivity index (χ4v) is 3.23. The normalized spacial score (nSPS) is 11.9. The van der Waals surface area contributed by atoms with E-state index in [4.69, 9.17) is 5.73 Å². The van der Waals surface area contributed by atoms with Gasteiger partial charge in [0.15, 0.2) is 0 Å². The Kier molecular flexibility index (Phi) is 24.9. The van der Waals surface area contributed by atoms with E-state index < -0.39 is 5.97 Å². The molecule has 0 aliphatic carbocycles. The van der Waals surface area contributed by atoms with Crippen molar-refractivity contribution in [3.8, 4) is 0 Å². The Morgan fingerprint density at radius 2 is 1.08 bits per heavy atom. The molecular formula is C21H42NNaO2. The fourth-order valence-electron chi connectivity index (χ4n) is 3.23. The molecule has 0 aliphatic rings. The zero-order valence-electron chi connectivity index (χ0n) is 17.2. The summed E-state index contributed by atoms with van der Waals surface area (Å²) in [6, 6.07) is 0.0323. The van der Waals surface area contributed by atoms with E-state index in [1.807, 2.05) is 0 Å². The second-order valence-electron chi connectivity index (χ2n) is 7.41. The van der Waals surface area contributed by atoms with E-state index in [1.54, 1.807) is 0 Å². The average molecular weight is 364 g/mol. The van der Waals surface area contributed by atoms with Crippen LogP contribution in [0.3, 0.4) is 0 Å². The van der Waals surface area contributed by atoms with Crippen LogP contribution in [0.15, 0.2) is 0 Å². The van der Waals surface area contributed by atoms with Gasteiger partial charge in [0.05, 0.1) is 0 Å². The molecular weight excluding hydrogens is 321 g/mol. The molecule has 0 spiro atoms. The van der Waals surface area contributed by atoms with Gasteiger partial charge in [-0.15, -0.1) is 0 Å². The molecule has 0 aromatic carbocycles. The maximum Gasteiger partial charge on any atom is 1.00 e. The Morgan fingerprint density at radius 3 is 1.44 bits per heavy atom. The first kappa shape index (κ1) is 27.6. The molecule has 1 unspecified atom stereocenters. The summed E-state index contributed by atoms with van der Waals surface area (Å²) in [5.41, 5.74) is 5.89. The minimum absolute atomic E-state index is 0. The molecule has 3 nitrogen and oxygen atoms in total. The molecule has 0 saturated carbocycles. The number of hydrogen-bond donors (Lipinski definition) is 1. The molecule has 1 atom stereocenters. The van der Waals surface area contributed by atoms with Gasteiger partial charge in [-0.25, -0.2) is 0 Å². The molecule has 0 rings (SSSR count). The molecule has 0 bridgehead atoms. The summed E-state index contributed by atoms with van der Waals surface area (Å²) in [5, 5.41) is 10.4. The number of hydrogen-bond acceptors (Lipinski definition) is 3. The van der Waals surface area contributed by atoms with Gasteiger partial charge >= 0.3 is 29.6 Å². The van der Waals surface area contributed by atoms with Crippen molar-refractivity contribution in [3.05, 3.63) is 0 Å². The van der Waals surface area contributed by atoms with Crippen molar-refractivity contribution >= 4 is 5.97 Å². The Labute approximate surface area is 179 Å². The van der Waals surface area contributed by atoms with Gasteiger partial charge in [0.25, 0.3) is 0 Å². The first-order chi connectivity index (χ1) is 11.7. The van der Waals surface area contributed by atoms with Crippen molar-refractivity contribution < 1.29 is 39.5 Å². The molecule has 0 amide bonds. The molecule has 144 valence electrons. The second kappa shape index (κ2) is 22.5. The summed E-state index contributed by atoms with van der Waals surface area (Å²) in [5.74, 6) is -0.984. The predicted octanol–water partition coefficient (Wildman–Crippen LogP) is 2.11. The van der Waals surface area contributed by atoms with Crippen LogP contribution in [0.2, 0.25) is 0 Å². The molecule has 4 heteroatoms. The number of aliphatic carboxylic acids is 1. The minimum atomic E-state index is -0.984. The van der Waals surface area contributed by atoms with Crippen molar-refractivity contribution in [1.29, 1.82) is 0 Å². The SMILES string of the molecule is CCCCCCCCCCCCCCCCCC(N)CCC(=O)[O-].[Na+]. The van der Waals surface area contributed by atoms with Crippen LogP contribution < -0.4 is 40.4 Å². The fraction of sp³-hybridized carbons (Fsp3) is 0.952. The molecule has 0 radical (unpaired) electrons. The number of rotatable bonds is 19. The summed E-state index contributed by atoms with van der Waals surface area (Å²) in [6.07, 6.45) is 22.1. The Hall–Kier alpha value is 0.430. The van der Waals surface area contributed by atoms with Crippen LogP contribution in [-0.2, 0) is 4.79 Å². The second-order valence-corrected chi connectivity index (χ2v) is 7.41. The number of carbonyl (C=O) groups is 1. The predicted molar refractivity (Wildman–Crippen MR) is 102 cm³/mol. The third kappa shape index (κ3) is 24.4. The van der Waals surface area contributed by atoms with E-state index in [-0.39, 0.29) is 42.0 Å². The summed E-state index contributed by atoms with van der Waals surface area (Å²) < 4.78 is 0. The van der Waals surface area contributed by atoms with Gasteiger partial charge in [0.2, 0.25) is 0 Å². The topological polar surface area (TPSA) is 66.2 Å². The summed E-state index contributed by atoms with van der Waals surface area (Å²) in [4.78, 5) is 10.4. The van der Waals surface area contributed by atoms with Crippen molar-refractivity contribution in [2.75, 3.05) is 0 Å². The van der Waals surface area contributed by atoms with E-state index in [0.29, 0.717) is 6.42 Å². The largest absolute Gasteiger partial charge is 1.00 e. The van der Waals surface area contributed by atoms with Crippen molar-refractivity contribution in [3.63, 3.8) is 0 Å². The van der Waals surface area contributed by atoms with Crippen molar-refractivity contribution in [2.45, 2.75) is 129 Å². The van der Waals surface area contributed by atoms with Gasteiger partial charge in [0.1, 0.15) is 0 Å². The molecule has 0 fully saturated rings. The molecule has 0 aliphatic heterocycles. The summed E-state index contributed by atoms with van der Waals surface area (Å²) in [7, 11) is 0. The van der Waals surface area contributed by atoms with Crippen LogP contribution in [0, 0.1) is 0 Å².